The summed E-state index contributed by atoms with van der Waals surface area (Å²) in [4.78, 5) is 0. The van der Waals surface area contributed by atoms with Crippen molar-refractivity contribution in [1.29, 1.82) is 0 Å². The van der Waals surface area contributed by atoms with E-state index in [2.05, 4.69) is 30.3 Å². The summed E-state index contributed by atoms with van der Waals surface area (Å²) in [5.74, 6) is 0. The van der Waals surface area contributed by atoms with E-state index < -0.39 is 0 Å². The van der Waals surface area contributed by atoms with Gasteiger partial charge in [0.1, 0.15) is 0 Å². The van der Waals surface area contributed by atoms with Gasteiger partial charge in [-0.05, 0) is 31.5 Å². The van der Waals surface area contributed by atoms with Gasteiger partial charge in [0.2, 0.25) is 0 Å². The van der Waals surface area contributed by atoms with Crippen LogP contribution in [-0.4, -0.2) is 18.2 Å². The van der Waals surface area contributed by atoms with E-state index in [0.717, 1.165) is 17.8 Å². The summed E-state index contributed by atoms with van der Waals surface area (Å²) in [6.07, 6.45) is 1.11. The molecule has 15 heavy (non-hydrogen) atoms. The van der Waals surface area contributed by atoms with E-state index in [1.54, 1.807) is 0 Å². The molecule has 1 atom stereocenters. The zero-order chi connectivity index (χ0) is 11.0. The fourth-order valence-corrected chi connectivity index (χ4v) is 1.94. The number of anilines is 3. The lowest BCUT2D eigenvalue weighted by atomic mass is 10.2. The molecule has 0 spiro atoms. The lowest BCUT2D eigenvalue weighted by Gasteiger charge is -2.31. The summed E-state index contributed by atoms with van der Waals surface area (Å²) in [5, 5.41) is 4.26. The largest absolute Gasteiger partial charge is 0.399 e. The molecular formula is C11H18N4. The van der Waals surface area contributed by atoms with Gasteiger partial charge in [-0.25, -0.2) is 0 Å². The molecule has 4 heteroatoms. The molecule has 0 radical (unpaired) electrons. The van der Waals surface area contributed by atoms with Crippen molar-refractivity contribution in [2.24, 2.45) is 0 Å². The number of nitrogen functional groups attached to an aromatic ring is 1. The molecule has 1 aromatic carbocycles. The minimum atomic E-state index is 0.479. The Labute approximate surface area is 90.6 Å². The maximum absolute atomic E-state index is 5.75. The van der Waals surface area contributed by atoms with Crippen LogP contribution in [0.2, 0.25) is 0 Å². The van der Waals surface area contributed by atoms with Crippen LogP contribution >= 0.6 is 0 Å². The van der Waals surface area contributed by atoms with Crippen LogP contribution in [0.15, 0.2) is 18.2 Å². The van der Waals surface area contributed by atoms with Crippen LogP contribution in [0, 0.1) is 0 Å². The molecular weight excluding hydrogens is 188 g/mol. The normalized spacial score (nSPS) is 17.4. The Morgan fingerprint density at radius 1 is 1.47 bits per heavy atom. The summed E-state index contributed by atoms with van der Waals surface area (Å²) in [6, 6.07) is 6.45. The molecule has 2 rings (SSSR count). The molecule has 0 amide bonds. The van der Waals surface area contributed by atoms with Crippen LogP contribution in [0.5, 0.6) is 0 Å². The van der Waals surface area contributed by atoms with E-state index in [0.29, 0.717) is 6.04 Å². The standard InChI is InChI=1S/C11H18N4/c1-4-8(2)15-11-6-5-9(12)7-10(11)13-14(15)3/h5-8,13H,4,12H2,1-3H3. The van der Waals surface area contributed by atoms with Crippen molar-refractivity contribution in [3.05, 3.63) is 18.2 Å². The second-order valence-electron chi connectivity index (χ2n) is 4.01. The monoisotopic (exact) mass is 206 g/mol. The smallest absolute Gasteiger partial charge is 0.0789 e. The van der Waals surface area contributed by atoms with Crippen molar-refractivity contribution >= 4 is 17.1 Å². The molecule has 3 N–H and O–H groups in total. The zero-order valence-electron chi connectivity index (χ0n) is 9.49. The molecule has 1 heterocycles. The Morgan fingerprint density at radius 3 is 2.87 bits per heavy atom. The molecule has 0 fully saturated rings. The molecule has 4 nitrogen and oxygen atoms in total. The van der Waals surface area contributed by atoms with Gasteiger partial charge in [0.25, 0.3) is 0 Å². The second kappa shape index (κ2) is 3.62. The van der Waals surface area contributed by atoms with Gasteiger partial charge >= 0.3 is 0 Å². The van der Waals surface area contributed by atoms with Gasteiger partial charge in [-0.2, -0.15) is 0 Å². The number of benzene rings is 1. The number of rotatable bonds is 2. The number of hydrazine groups is 2. The number of nitrogens with zero attached hydrogens (tertiary/aromatic N) is 2. The van der Waals surface area contributed by atoms with Crippen LogP contribution in [0.4, 0.5) is 17.1 Å². The SMILES string of the molecule is CCC(C)N1c2ccc(N)cc2NN1C. The predicted molar refractivity (Wildman–Crippen MR) is 64.5 cm³/mol. The van der Waals surface area contributed by atoms with Gasteiger partial charge in [0.15, 0.2) is 0 Å². The van der Waals surface area contributed by atoms with Crippen LogP contribution in [0.25, 0.3) is 0 Å². The summed E-state index contributed by atoms with van der Waals surface area (Å²) >= 11 is 0. The minimum absolute atomic E-state index is 0.479. The first-order chi connectivity index (χ1) is 7.13. The average Bonchev–Trinajstić information content (AvgIpc) is 2.52. The Kier molecular flexibility index (Phi) is 2.44. The van der Waals surface area contributed by atoms with Gasteiger partial charge in [-0.3, -0.25) is 10.4 Å². The molecule has 0 aliphatic carbocycles. The van der Waals surface area contributed by atoms with Crippen LogP contribution in [0.3, 0.4) is 0 Å². The molecule has 1 aromatic rings. The number of hydrogen-bond donors (Lipinski definition) is 2. The van der Waals surface area contributed by atoms with Crippen molar-refractivity contribution in [3.8, 4) is 0 Å². The molecule has 1 unspecified atom stereocenters. The van der Waals surface area contributed by atoms with Crippen molar-refractivity contribution in [1.82, 2.24) is 5.12 Å². The first-order valence-electron chi connectivity index (χ1n) is 5.32. The fourth-order valence-electron chi connectivity index (χ4n) is 1.94. The number of nitrogens with two attached hydrogens (primary N) is 1. The second-order valence-corrected chi connectivity index (χ2v) is 4.01. The number of nitrogens with one attached hydrogen (secondary N) is 1. The summed E-state index contributed by atoms with van der Waals surface area (Å²) in [6.45, 7) is 4.40. The Balaban J connectivity index is 2.37. The molecule has 0 bridgehead atoms. The van der Waals surface area contributed by atoms with E-state index in [1.807, 2.05) is 24.3 Å². The van der Waals surface area contributed by atoms with Crippen molar-refractivity contribution in [2.45, 2.75) is 26.3 Å². The molecule has 0 aromatic heterocycles. The van der Waals surface area contributed by atoms with Gasteiger partial charge in [-0.1, -0.05) is 6.92 Å². The van der Waals surface area contributed by atoms with Gasteiger partial charge < -0.3 is 5.73 Å². The summed E-state index contributed by atoms with van der Waals surface area (Å²) in [7, 11) is 2.02. The fraction of sp³-hybridized carbons (Fsp3) is 0.455. The number of hydrogen-bond acceptors (Lipinski definition) is 4. The molecule has 0 saturated heterocycles. The first kappa shape index (κ1) is 10.1. The summed E-state index contributed by atoms with van der Waals surface area (Å²) in [5.41, 5.74) is 12.1. The third-order valence-electron chi connectivity index (χ3n) is 2.88. The number of fused-ring (bicyclic) bond motifs is 1. The van der Waals surface area contributed by atoms with Crippen LogP contribution in [0.1, 0.15) is 20.3 Å². The van der Waals surface area contributed by atoms with Crippen molar-refractivity contribution in [2.75, 3.05) is 23.2 Å². The van der Waals surface area contributed by atoms with E-state index in [1.165, 1.54) is 5.69 Å². The molecule has 1 aliphatic heterocycles. The summed E-state index contributed by atoms with van der Waals surface area (Å²) < 4.78 is 0. The lowest BCUT2D eigenvalue weighted by Crippen LogP contribution is -2.43. The molecule has 1 aliphatic rings. The van der Waals surface area contributed by atoms with Gasteiger partial charge in [0, 0.05) is 18.8 Å². The highest BCUT2D eigenvalue weighted by Gasteiger charge is 2.26. The molecule has 82 valence electrons. The Hall–Kier alpha value is -1.42. The highest BCUT2D eigenvalue weighted by molar-refractivity contribution is 5.76. The van der Waals surface area contributed by atoms with Crippen LogP contribution < -0.4 is 16.2 Å². The van der Waals surface area contributed by atoms with Gasteiger partial charge in [-0.15, -0.1) is 5.12 Å². The maximum Gasteiger partial charge on any atom is 0.0789 e. The van der Waals surface area contributed by atoms with Gasteiger partial charge in [0.05, 0.1) is 11.4 Å². The third-order valence-corrected chi connectivity index (χ3v) is 2.88. The zero-order valence-corrected chi connectivity index (χ0v) is 9.49. The average molecular weight is 206 g/mol. The van der Waals surface area contributed by atoms with E-state index in [-0.39, 0.29) is 0 Å². The Morgan fingerprint density at radius 2 is 2.20 bits per heavy atom. The van der Waals surface area contributed by atoms with E-state index >= 15 is 0 Å². The maximum atomic E-state index is 5.75. The first-order valence-corrected chi connectivity index (χ1v) is 5.32. The quantitative estimate of drug-likeness (QED) is 0.727. The molecule has 0 saturated carbocycles. The lowest BCUT2D eigenvalue weighted by molar-refractivity contribution is 0.342. The van der Waals surface area contributed by atoms with Crippen LogP contribution in [-0.2, 0) is 0 Å². The van der Waals surface area contributed by atoms with E-state index in [4.69, 9.17) is 5.73 Å². The highest BCUT2D eigenvalue weighted by atomic mass is 15.8. The minimum Gasteiger partial charge on any atom is -0.399 e. The van der Waals surface area contributed by atoms with Crippen molar-refractivity contribution in [3.63, 3.8) is 0 Å². The van der Waals surface area contributed by atoms with E-state index in [9.17, 15) is 0 Å². The predicted octanol–water partition coefficient (Wildman–Crippen LogP) is 2.06. The van der Waals surface area contributed by atoms with Crippen molar-refractivity contribution < 1.29 is 0 Å². The topological polar surface area (TPSA) is 44.5 Å². The Bertz CT molecular complexity index is 364. The highest BCUT2D eigenvalue weighted by Crippen LogP contribution is 2.36. The third kappa shape index (κ3) is 1.61.